The Kier molecular flexibility index (Phi) is 4.41. The van der Waals surface area contributed by atoms with Crippen molar-refractivity contribution in [1.29, 1.82) is 0 Å². The van der Waals surface area contributed by atoms with Crippen LogP contribution in [-0.2, 0) is 9.53 Å². The number of nitrogens with zero attached hydrogens (tertiary/aromatic N) is 1. The van der Waals surface area contributed by atoms with Crippen LogP contribution in [0.4, 0.5) is 13.2 Å². The van der Waals surface area contributed by atoms with Gasteiger partial charge in [-0.2, -0.15) is 0 Å². The van der Waals surface area contributed by atoms with Crippen LogP contribution in [0.3, 0.4) is 0 Å². The summed E-state index contributed by atoms with van der Waals surface area (Å²) >= 11 is 0. The summed E-state index contributed by atoms with van der Waals surface area (Å²) < 4.78 is 44.9. The molecule has 0 bridgehead atoms. The Hall–Kier alpha value is -2.09. The second kappa shape index (κ2) is 5.96. The Morgan fingerprint density at radius 1 is 1.32 bits per heavy atom. The number of methoxy groups -OCH3 is 1. The zero-order valence-electron chi connectivity index (χ0n) is 11.7. The number of halogens is 3. The first-order chi connectivity index (χ1) is 10.3. The number of hydrogen-bond acceptors (Lipinski definition) is 3. The lowest BCUT2D eigenvalue weighted by Gasteiger charge is -2.34. The van der Waals surface area contributed by atoms with E-state index in [9.17, 15) is 27.9 Å². The van der Waals surface area contributed by atoms with Gasteiger partial charge in [-0.3, -0.25) is 4.79 Å². The topological polar surface area (TPSA) is 66.8 Å². The SMILES string of the molecule is COCC1(C(=O)O)CCCN1C(=O)c1ccc(F)c(F)c1F. The number of hydrogen-bond donors (Lipinski definition) is 1. The van der Waals surface area contributed by atoms with Crippen LogP contribution in [0, 0.1) is 17.5 Å². The Labute approximate surface area is 124 Å². The first kappa shape index (κ1) is 16.3. The third-order valence-electron chi connectivity index (χ3n) is 3.78. The zero-order chi connectivity index (χ0) is 16.5. The molecule has 0 saturated carbocycles. The van der Waals surface area contributed by atoms with Gasteiger partial charge in [0.2, 0.25) is 0 Å². The van der Waals surface area contributed by atoms with Gasteiger partial charge in [0.25, 0.3) is 5.91 Å². The van der Waals surface area contributed by atoms with Gasteiger partial charge in [-0.1, -0.05) is 0 Å². The molecule has 1 aromatic carbocycles. The summed E-state index contributed by atoms with van der Waals surface area (Å²) in [7, 11) is 1.28. The van der Waals surface area contributed by atoms with E-state index in [2.05, 4.69) is 0 Å². The summed E-state index contributed by atoms with van der Waals surface area (Å²) in [6, 6.07) is 1.42. The van der Waals surface area contributed by atoms with Crippen LogP contribution >= 0.6 is 0 Å². The molecule has 120 valence electrons. The van der Waals surface area contributed by atoms with Crippen molar-refractivity contribution >= 4 is 11.9 Å². The summed E-state index contributed by atoms with van der Waals surface area (Å²) in [5.74, 6) is -7.11. The molecule has 1 saturated heterocycles. The van der Waals surface area contributed by atoms with Gasteiger partial charge in [0.15, 0.2) is 23.0 Å². The van der Waals surface area contributed by atoms with Crippen LogP contribution in [0.25, 0.3) is 0 Å². The van der Waals surface area contributed by atoms with E-state index in [0.717, 1.165) is 11.0 Å². The standard InChI is InChI=1S/C14H14F3NO4/c1-22-7-14(13(20)21)5-2-6-18(14)12(19)8-3-4-9(15)11(17)10(8)16/h3-4H,2,5-7H2,1H3,(H,20,21). The fourth-order valence-corrected chi connectivity index (χ4v) is 2.68. The van der Waals surface area contributed by atoms with Crippen LogP contribution in [0.15, 0.2) is 12.1 Å². The molecule has 1 aliphatic rings. The summed E-state index contributed by atoms with van der Waals surface area (Å²) in [4.78, 5) is 24.9. The van der Waals surface area contributed by atoms with E-state index in [4.69, 9.17) is 4.74 Å². The molecule has 1 amide bonds. The third-order valence-corrected chi connectivity index (χ3v) is 3.78. The molecule has 1 fully saturated rings. The highest BCUT2D eigenvalue weighted by Gasteiger charge is 2.50. The van der Waals surface area contributed by atoms with Gasteiger partial charge in [0.1, 0.15) is 0 Å². The molecule has 1 heterocycles. The van der Waals surface area contributed by atoms with Crippen molar-refractivity contribution in [2.75, 3.05) is 20.3 Å². The van der Waals surface area contributed by atoms with E-state index in [1.807, 2.05) is 0 Å². The third kappa shape index (κ3) is 2.43. The minimum Gasteiger partial charge on any atom is -0.479 e. The maximum atomic E-state index is 13.8. The van der Waals surface area contributed by atoms with E-state index in [-0.39, 0.29) is 19.6 Å². The molecule has 5 nitrogen and oxygen atoms in total. The summed E-state index contributed by atoms with van der Waals surface area (Å²) in [5, 5.41) is 9.43. The number of aliphatic carboxylic acids is 1. The maximum Gasteiger partial charge on any atom is 0.332 e. The number of likely N-dealkylation sites (tertiary alicyclic amines) is 1. The molecule has 22 heavy (non-hydrogen) atoms. The quantitative estimate of drug-likeness (QED) is 0.860. The molecule has 0 aromatic heterocycles. The van der Waals surface area contributed by atoms with E-state index < -0.39 is 40.4 Å². The minimum absolute atomic E-state index is 0.0624. The van der Waals surface area contributed by atoms with Gasteiger partial charge in [-0.25, -0.2) is 18.0 Å². The number of carboxylic acids is 1. The van der Waals surface area contributed by atoms with Crippen molar-refractivity contribution < 1.29 is 32.6 Å². The number of carbonyl (C=O) groups excluding carboxylic acids is 1. The maximum absolute atomic E-state index is 13.8. The van der Waals surface area contributed by atoms with Crippen LogP contribution in [0.2, 0.25) is 0 Å². The van der Waals surface area contributed by atoms with Gasteiger partial charge in [0.05, 0.1) is 12.2 Å². The average Bonchev–Trinajstić information content (AvgIpc) is 2.90. The number of carboxylic acid groups (broad SMARTS) is 1. The predicted molar refractivity (Wildman–Crippen MR) is 68.8 cm³/mol. The highest BCUT2D eigenvalue weighted by Crippen LogP contribution is 2.32. The molecular formula is C14H14F3NO4. The summed E-state index contributed by atoms with van der Waals surface area (Å²) in [5.41, 5.74) is -2.34. The number of carbonyl (C=O) groups is 2. The van der Waals surface area contributed by atoms with Crippen LogP contribution in [0.1, 0.15) is 23.2 Å². The lowest BCUT2D eigenvalue weighted by atomic mass is 9.96. The zero-order valence-corrected chi connectivity index (χ0v) is 11.7. The molecule has 1 aromatic rings. The lowest BCUT2D eigenvalue weighted by Crippen LogP contribution is -2.56. The van der Waals surface area contributed by atoms with E-state index in [1.165, 1.54) is 7.11 Å². The largest absolute Gasteiger partial charge is 0.479 e. The first-order valence-corrected chi connectivity index (χ1v) is 6.53. The van der Waals surface area contributed by atoms with Crippen LogP contribution in [0.5, 0.6) is 0 Å². The monoisotopic (exact) mass is 317 g/mol. The molecule has 1 atom stereocenters. The van der Waals surface area contributed by atoms with Crippen molar-refractivity contribution in [3.63, 3.8) is 0 Å². The van der Waals surface area contributed by atoms with Gasteiger partial charge < -0.3 is 14.7 Å². The van der Waals surface area contributed by atoms with Crippen molar-refractivity contribution in [2.24, 2.45) is 0 Å². The number of amides is 1. The van der Waals surface area contributed by atoms with E-state index in [0.29, 0.717) is 12.5 Å². The van der Waals surface area contributed by atoms with E-state index in [1.54, 1.807) is 0 Å². The van der Waals surface area contributed by atoms with Crippen LogP contribution in [-0.4, -0.2) is 47.7 Å². The van der Waals surface area contributed by atoms with Crippen LogP contribution < -0.4 is 0 Å². The average molecular weight is 317 g/mol. The van der Waals surface area contributed by atoms with Crippen molar-refractivity contribution in [3.8, 4) is 0 Å². The van der Waals surface area contributed by atoms with Gasteiger partial charge >= 0.3 is 5.97 Å². The number of ether oxygens (including phenoxy) is 1. The molecule has 2 rings (SSSR count). The Balaban J connectivity index is 2.44. The van der Waals surface area contributed by atoms with Crippen molar-refractivity contribution in [1.82, 2.24) is 4.90 Å². The molecule has 1 N–H and O–H groups in total. The molecular weight excluding hydrogens is 303 g/mol. The van der Waals surface area contributed by atoms with Crippen molar-refractivity contribution in [2.45, 2.75) is 18.4 Å². The molecule has 8 heteroatoms. The lowest BCUT2D eigenvalue weighted by molar-refractivity contribution is -0.151. The first-order valence-electron chi connectivity index (χ1n) is 6.53. The molecule has 0 spiro atoms. The second-order valence-electron chi connectivity index (χ2n) is 5.05. The number of rotatable bonds is 4. The highest BCUT2D eigenvalue weighted by molar-refractivity contribution is 5.98. The fraction of sp³-hybridized carbons (Fsp3) is 0.429. The van der Waals surface area contributed by atoms with E-state index >= 15 is 0 Å². The van der Waals surface area contributed by atoms with Gasteiger partial charge in [-0.15, -0.1) is 0 Å². The minimum atomic E-state index is -1.77. The second-order valence-corrected chi connectivity index (χ2v) is 5.05. The highest BCUT2D eigenvalue weighted by atomic mass is 19.2. The van der Waals surface area contributed by atoms with Gasteiger partial charge in [-0.05, 0) is 25.0 Å². The van der Waals surface area contributed by atoms with Crippen molar-refractivity contribution in [3.05, 3.63) is 35.1 Å². The Bertz CT molecular complexity index is 622. The fourth-order valence-electron chi connectivity index (χ4n) is 2.68. The molecule has 1 aliphatic heterocycles. The molecule has 1 unspecified atom stereocenters. The number of benzene rings is 1. The Morgan fingerprint density at radius 3 is 2.59 bits per heavy atom. The molecule has 0 aliphatic carbocycles. The smallest absolute Gasteiger partial charge is 0.332 e. The normalized spacial score (nSPS) is 21.2. The Morgan fingerprint density at radius 2 is 2.00 bits per heavy atom. The molecule has 0 radical (unpaired) electrons. The van der Waals surface area contributed by atoms with Gasteiger partial charge in [0, 0.05) is 13.7 Å². The summed E-state index contributed by atoms with van der Waals surface area (Å²) in [6.45, 7) is -0.216. The predicted octanol–water partition coefficient (Wildman–Crippen LogP) is 1.81. The summed E-state index contributed by atoms with van der Waals surface area (Å²) in [6.07, 6.45) is 0.514.